The predicted molar refractivity (Wildman–Crippen MR) is 110 cm³/mol. The predicted octanol–water partition coefficient (Wildman–Crippen LogP) is 4.55. The minimum absolute atomic E-state index is 0.0358. The number of carbonyl (C=O) groups is 1. The highest BCUT2D eigenvalue weighted by molar-refractivity contribution is 5.79. The number of amides is 1. The quantitative estimate of drug-likeness (QED) is 0.620. The van der Waals surface area contributed by atoms with Crippen molar-refractivity contribution in [3.63, 3.8) is 0 Å². The summed E-state index contributed by atoms with van der Waals surface area (Å²) in [7, 11) is 1.71. The molecule has 0 aromatic heterocycles. The van der Waals surface area contributed by atoms with Crippen LogP contribution in [0.1, 0.15) is 62.1 Å². The fourth-order valence-corrected chi connectivity index (χ4v) is 4.75. The first-order valence-electron chi connectivity index (χ1n) is 11.0. The van der Waals surface area contributed by atoms with Crippen molar-refractivity contribution < 1.29 is 22.7 Å². The molecule has 1 saturated carbocycles. The number of methoxy groups -OCH3 is 1. The van der Waals surface area contributed by atoms with Gasteiger partial charge >= 0.3 is 6.18 Å². The third-order valence-corrected chi connectivity index (χ3v) is 6.50. The van der Waals surface area contributed by atoms with Crippen LogP contribution in [0.15, 0.2) is 18.2 Å². The number of nitrogens with zero attached hydrogens (tertiary/aromatic N) is 1. The highest BCUT2D eigenvalue weighted by Crippen LogP contribution is 2.34. The van der Waals surface area contributed by atoms with Crippen molar-refractivity contribution in [2.24, 2.45) is 5.92 Å². The van der Waals surface area contributed by atoms with Gasteiger partial charge in [-0.15, -0.1) is 0 Å². The Hall–Kier alpha value is -1.60. The molecule has 3 atom stereocenters. The maximum Gasteiger partial charge on any atom is 0.416 e. The molecule has 1 amide bonds. The molecule has 1 N–H and O–H groups in total. The number of rotatable bonds is 8. The molecule has 168 valence electrons. The fraction of sp³-hybridized carbons (Fsp3) is 0.696. The van der Waals surface area contributed by atoms with Crippen LogP contribution < -0.4 is 5.32 Å². The maximum atomic E-state index is 13.1. The van der Waals surface area contributed by atoms with Gasteiger partial charge in [-0.25, -0.2) is 0 Å². The first-order chi connectivity index (χ1) is 14.3. The summed E-state index contributed by atoms with van der Waals surface area (Å²) in [5, 5.41) is 3.70. The van der Waals surface area contributed by atoms with E-state index >= 15 is 0 Å². The Labute approximate surface area is 177 Å². The van der Waals surface area contributed by atoms with Gasteiger partial charge in [0.25, 0.3) is 0 Å². The second kappa shape index (κ2) is 10.1. The van der Waals surface area contributed by atoms with Gasteiger partial charge in [-0.05, 0) is 68.2 Å². The van der Waals surface area contributed by atoms with Gasteiger partial charge in [-0.2, -0.15) is 13.2 Å². The molecule has 4 nitrogen and oxygen atoms in total. The van der Waals surface area contributed by atoms with E-state index in [1.807, 2.05) is 0 Å². The van der Waals surface area contributed by atoms with Gasteiger partial charge in [-0.1, -0.05) is 13.0 Å². The summed E-state index contributed by atoms with van der Waals surface area (Å²) in [6.45, 7) is 3.79. The first kappa shape index (κ1) is 23.1. The van der Waals surface area contributed by atoms with Crippen molar-refractivity contribution in [1.82, 2.24) is 10.2 Å². The van der Waals surface area contributed by atoms with Crippen LogP contribution in [0.3, 0.4) is 0 Å². The van der Waals surface area contributed by atoms with E-state index < -0.39 is 11.7 Å². The zero-order valence-corrected chi connectivity index (χ0v) is 17.9. The van der Waals surface area contributed by atoms with E-state index in [9.17, 15) is 18.0 Å². The van der Waals surface area contributed by atoms with Crippen LogP contribution >= 0.6 is 0 Å². The van der Waals surface area contributed by atoms with Gasteiger partial charge in [0.05, 0.1) is 5.56 Å². The molecule has 0 saturated heterocycles. The number of nitrogens with one attached hydrogen (secondary N) is 1. The van der Waals surface area contributed by atoms with Gasteiger partial charge in [0, 0.05) is 44.8 Å². The highest BCUT2D eigenvalue weighted by Gasteiger charge is 2.35. The Morgan fingerprint density at radius 3 is 2.80 bits per heavy atom. The molecule has 0 bridgehead atoms. The Morgan fingerprint density at radius 2 is 2.10 bits per heavy atom. The minimum atomic E-state index is -4.36. The zero-order chi connectivity index (χ0) is 21.7. The molecule has 1 aliphatic carbocycles. The number of hydrogen-bond donors (Lipinski definition) is 1. The molecule has 1 aromatic rings. The molecule has 30 heavy (non-hydrogen) atoms. The van der Waals surface area contributed by atoms with Gasteiger partial charge in [-0.3, -0.25) is 4.79 Å². The largest absolute Gasteiger partial charge is 0.416 e. The molecular weight excluding hydrogens is 393 g/mol. The molecular formula is C23H33F3N2O2. The van der Waals surface area contributed by atoms with Crippen LogP contribution in [0.5, 0.6) is 0 Å². The monoisotopic (exact) mass is 426 g/mol. The summed E-state index contributed by atoms with van der Waals surface area (Å²) in [5.74, 6) is 0.0566. The Kier molecular flexibility index (Phi) is 7.80. The highest BCUT2D eigenvalue weighted by atomic mass is 19.4. The van der Waals surface area contributed by atoms with E-state index in [4.69, 9.17) is 4.74 Å². The molecule has 1 aromatic carbocycles. The van der Waals surface area contributed by atoms with Crippen LogP contribution in [0.25, 0.3) is 0 Å². The number of benzene rings is 1. The smallest absolute Gasteiger partial charge is 0.385 e. The van der Waals surface area contributed by atoms with Crippen molar-refractivity contribution in [3.8, 4) is 0 Å². The van der Waals surface area contributed by atoms with E-state index in [2.05, 4.69) is 12.2 Å². The molecule has 3 rings (SSSR count). The average Bonchev–Trinajstić information content (AvgIpc) is 3.19. The van der Waals surface area contributed by atoms with Gasteiger partial charge < -0.3 is 15.0 Å². The first-order valence-corrected chi connectivity index (χ1v) is 11.0. The molecule has 1 heterocycles. The van der Waals surface area contributed by atoms with E-state index in [-0.39, 0.29) is 18.4 Å². The van der Waals surface area contributed by atoms with Gasteiger partial charge in [0.1, 0.15) is 0 Å². The summed E-state index contributed by atoms with van der Waals surface area (Å²) < 4.78 is 44.3. The van der Waals surface area contributed by atoms with Crippen LogP contribution in [-0.2, 0) is 28.7 Å². The molecule has 7 heteroatoms. The normalized spacial score (nSPS) is 22.8. The minimum Gasteiger partial charge on any atom is -0.385 e. The van der Waals surface area contributed by atoms with Crippen molar-refractivity contribution in [2.45, 2.75) is 76.7 Å². The lowest BCUT2D eigenvalue weighted by atomic mass is 9.95. The fourth-order valence-electron chi connectivity index (χ4n) is 4.75. The van der Waals surface area contributed by atoms with Crippen LogP contribution in [0.4, 0.5) is 13.2 Å². The van der Waals surface area contributed by atoms with Crippen LogP contribution in [0, 0.1) is 5.92 Å². The maximum absolute atomic E-state index is 13.1. The summed E-state index contributed by atoms with van der Waals surface area (Å²) in [5.41, 5.74) is 0.904. The number of alkyl halides is 3. The van der Waals surface area contributed by atoms with Crippen molar-refractivity contribution >= 4 is 5.91 Å². The lowest BCUT2D eigenvalue weighted by Crippen LogP contribution is -2.40. The molecule has 2 unspecified atom stereocenters. The number of halogens is 3. The number of hydrogen-bond acceptors (Lipinski definition) is 3. The number of carbonyl (C=O) groups excluding carboxylic acids is 1. The van der Waals surface area contributed by atoms with Crippen molar-refractivity contribution in [1.29, 1.82) is 0 Å². The van der Waals surface area contributed by atoms with Crippen molar-refractivity contribution in [2.75, 3.05) is 20.3 Å². The Bertz CT molecular complexity index is 723. The van der Waals surface area contributed by atoms with Gasteiger partial charge in [0.15, 0.2) is 0 Å². The van der Waals surface area contributed by atoms with E-state index in [0.717, 1.165) is 56.8 Å². The number of fused-ring (bicyclic) bond motifs is 1. The topological polar surface area (TPSA) is 41.6 Å². The Morgan fingerprint density at radius 1 is 1.30 bits per heavy atom. The number of ether oxygens (including phenoxy) is 1. The SMILES string of the molecule is CCC(CCCOC)NC1CC[C@H](C(=O)N2CCc3ccc(C(F)(F)F)cc3C2)C1. The summed E-state index contributed by atoms with van der Waals surface area (Å²) in [6.07, 6.45) is 2.01. The van der Waals surface area contributed by atoms with E-state index in [1.54, 1.807) is 18.1 Å². The summed E-state index contributed by atoms with van der Waals surface area (Å²) in [6, 6.07) is 4.67. The molecule has 0 spiro atoms. The lowest BCUT2D eigenvalue weighted by molar-refractivity contribution is -0.137. The van der Waals surface area contributed by atoms with Crippen LogP contribution in [0.2, 0.25) is 0 Å². The molecule has 2 aliphatic rings. The Balaban J connectivity index is 1.55. The standard InChI is InChI=1S/C23H33F3N2O2/c1-3-20(5-4-12-30-2)27-21-9-7-17(14-21)22(29)28-11-10-16-6-8-19(23(24,25)26)13-18(16)15-28/h6,8,13,17,20-21,27H,3-5,7,9-12,14-15H2,1-2H3/t17-,20?,21?/m0/s1. The zero-order valence-electron chi connectivity index (χ0n) is 17.9. The second-order valence-corrected chi connectivity index (χ2v) is 8.60. The second-order valence-electron chi connectivity index (χ2n) is 8.60. The summed E-state index contributed by atoms with van der Waals surface area (Å²) in [4.78, 5) is 14.8. The molecule has 1 aliphatic heterocycles. The van der Waals surface area contributed by atoms with E-state index in [0.29, 0.717) is 30.6 Å². The van der Waals surface area contributed by atoms with Crippen molar-refractivity contribution in [3.05, 3.63) is 34.9 Å². The third kappa shape index (κ3) is 5.76. The molecule has 1 fully saturated rings. The lowest BCUT2D eigenvalue weighted by Gasteiger charge is -2.31. The van der Waals surface area contributed by atoms with Gasteiger partial charge in [0.2, 0.25) is 5.91 Å². The molecule has 0 radical (unpaired) electrons. The van der Waals surface area contributed by atoms with Crippen LogP contribution in [-0.4, -0.2) is 43.2 Å². The van der Waals surface area contributed by atoms with E-state index in [1.165, 1.54) is 6.07 Å². The average molecular weight is 427 g/mol. The summed E-state index contributed by atoms with van der Waals surface area (Å²) >= 11 is 0. The third-order valence-electron chi connectivity index (χ3n) is 6.50.